The highest BCUT2D eigenvalue weighted by Crippen LogP contribution is 2.33. The summed E-state index contributed by atoms with van der Waals surface area (Å²) in [5.74, 6) is 0.627. The van der Waals surface area contributed by atoms with Crippen LogP contribution < -0.4 is 5.56 Å². The van der Waals surface area contributed by atoms with E-state index in [2.05, 4.69) is 28.3 Å². The summed E-state index contributed by atoms with van der Waals surface area (Å²) in [6.07, 6.45) is 6.15. The molecule has 0 radical (unpaired) electrons. The van der Waals surface area contributed by atoms with Crippen LogP contribution in [0.15, 0.2) is 52.4 Å². The fraction of sp³-hybridized carbons (Fsp3) is 0.227. The molecule has 0 N–H and O–H groups in total. The van der Waals surface area contributed by atoms with Crippen molar-refractivity contribution in [3.8, 4) is 0 Å². The average Bonchev–Trinajstić information content (AvgIpc) is 3.06. The smallest absolute Gasteiger partial charge is 0.267 e. The minimum atomic E-state index is -0.0478. The van der Waals surface area contributed by atoms with Crippen LogP contribution in [0, 0.1) is 6.92 Å². The lowest BCUT2D eigenvalue weighted by molar-refractivity contribution is 0.698. The number of thiophene rings is 1. The van der Waals surface area contributed by atoms with E-state index in [1.165, 1.54) is 21.5 Å². The third kappa shape index (κ3) is 2.70. The highest BCUT2D eigenvalue weighted by Gasteiger charge is 2.21. The lowest BCUT2D eigenvalue weighted by Crippen LogP contribution is -2.21. The Labute approximate surface area is 160 Å². The molecule has 2 aromatic heterocycles. The minimum Gasteiger partial charge on any atom is -0.267 e. The molecular formula is C22H19N3OS. The molecule has 1 aliphatic carbocycles. The SMILES string of the molecule is Cc1nc2sc3c(c2c(=O)n1N=Cc1cccc2ccccc12)CCCC3. The van der Waals surface area contributed by atoms with E-state index < -0.39 is 0 Å². The van der Waals surface area contributed by atoms with Crippen LogP contribution in [0.4, 0.5) is 0 Å². The third-order valence-corrected chi connectivity index (χ3v) is 6.45. The van der Waals surface area contributed by atoms with Gasteiger partial charge in [0, 0.05) is 10.4 Å². The summed E-state index contributed by atoms with van der Waals surface area (Å²) in [6.45, 7) is 1.85. The zero-order valence-electron chi connectivity index (χ0n) is 15.1. The number of rotatable bonds is 2. The van der Waals surface area contributed by atoms with Crippen molar-refractivity contribution in [2.45, 2.75) is 32.6 Å². The summed E-state index contributed by atoms with van der Waals surface area (Å²) < 4.78 is 1.45. The number of hydrogen-bond acceptors (Lipinski definition) is 4. The largest absolute Gasteiger partial charge is 0.283 e. The first-order valence-electron chi connectivity index (χ1n) is 9.28. The van der Waals surface area contributed by atoms with Crippen molar-refractivity contribution in [3.63, 3.8) is 0 Å². The summed E-state index contributed by atoms with van der Waals surface area (Å²) >= 11 is 1.68. The van der Waals surface area contributed by atoms with Crippen LogP contribution in [0.3, 0.4) is 0 Å². The molecule has 0 amide bonds. The maximum absolute atomic E-state index is 13.2. The summed E-state index contributed by atoms with van der Waals surface area (Å²) in [5, 5.41) is 7.58. The van der Waals surface area contributed by atoms with Crippen molar-refractivity contribution in [1.29, 1.82) is 0 Å². The van der Waals surface area contributed by atoms with Crippen LogP contribution in [0.25, 0.3) is 21.0 Å². The molecule has 0 unspecified atom stereocenters. The van der Waals surface area contributed by atoms with Gasteiger partial charge in [0.2, 0.25) is 0 Å². The van der Waals surface area contributed by atoms with Gasteiger partial charge in [-0.3, -0.25) is 4.79 Å². The van der Waals surface area contributed by atoms with Crippen molar-refractivity contribution in [3.05, 3.63) is 74.6 Å². The van der Waals surface area contributed by atoms with Gasteiger partial charge in [-0.1, -0.05) is 42.5 Å². The Morgan fingerprint density at radius 3 is 2.85 bits per heavy atom. The topological polar surface area (TPSA) is 47.2 Å². The van der Waals surface area contributed by atoms with E-state index in [9.17, 15) is 4.79 Å². The zero-order valence-corrected chi connectivity index (χ0v) is 15.9. The number of fused-ring (bicyclic) bond motifs is 4. The minimum absolute atomic E-state index is 0.0478. The van der Waals surface area contributed by atoms with E-state index in [4.69, 9.17) is 0 Å². The van der Waals surface area contributed by atoms with E-state index in [0.717, 1.165) is 45.8 Å². The van der Waals surface area contributed by atoms with Crippen molar-refractivity contribution in [2.75, 3.05) is 0 Å². The fourth-order valence-electron chi connectivity index (χ4n) is 3.92. The van der Waals surface area contributed by atoms with Gasteiger partial charge in [0.15, 0.2) is 0 Å². The van der Waals surface area contributed by atoms with Crippen molar-refractivity contribution < 1.29 is 0 Å². The first kappa shape index (κ1) is 16.4. The molecule has 5 heteroatoms. The van der Waals surface area contributed by atoms with Crippen LogP contribution in [-0.4, -0.2) is 15.9 Å². The van der Waals surface area contributed by atoms with E-state index >= 15 is 0 Å². The molecule has 2 heterocycles. The van der Waals surface area contributed by atoms with E-state index in [1.54, 1.807) is 17.6 Å². The predicted molar refractivity (Wildman–Crippen MR) is 112 cm³/mol. The van der Waals surface area contributed by atoms with Gasteiger partial charge in [-0.05, 0) is 48.9 Å². The normalized spacial score (nSPS) is 14.3. The van der Waals surface area contributed by atoms with Crippen LogP contribution in [-0.2, 0) is 12.8 Å². The maximum Gasteiger partial charge on any atom is 0.283 e. The summed E-state index contributed by atoms with van der Waals surface area (Å²) in [7, 11) is 0. The molecule has 0 aliphatic heterocycles. The van der Waals surface area contributed by atoms with Crippen LogP contribution >= 0.6 is 11.3 Å². The fourth-order valence-corrected chi connectivity index (χ4v) is 5.21. The van der Waals surface area contributed by atoms with Gasteiger partial charge >= 0.3 is 0 Å². The Morgan fingerprint density at radius 1 is 1.11 bits per heavy atom. The molecule has 27 heavy (non-hydrogen) atoms. The Kier molecular flexibility index (Phi) is 3.90. The van der Waals surface area contributed by atoms with E-state index in [-0.39, 0.29) is 5.56 Å². The summed E-state index contributed by atoms with van der Waals surface area (Å²) in [6, 6.07) is 14.3. The Balaban J connectivity index is 1.66. The number of aryl methyl sites for hydroxylation is 3. The highest BCUT2D eigenvalue weighted by molar-refractivity contribution is 7.18. The predicted octanol–water partition coefficient (Wildman–Crippen LogP) is 4.68. The van der Waals surface area contributed by atoms with Gasteiger partial charge in [0.1, 0.15) is 10.7 Å². The molecule has 4 nitrogen and oxygen atoms in total. The molecule has 134 valence electrons. The van der Waals surface area contributed by atoms with Gasteiger partial charge in [-0.2, -0.15) is 9.78 Å². The van der Waals surface area contributed by atoms with Gasteiger partial charge < -0.3 is 0 Å². The number of nitrogens with zero attached hydrogens (tertiary/aromatic N) is 3. The molecule has 0 fully saturated rings. The standard InChI is InChI=1S/C22H19N3OS/c1-14-24-21-20(18-11-4-5-12-19(18)27-21)22(26)25(14)23-13-16-9-6-8-15-7-2-3-10-17(15)16/h2-3,6-10,13H,4-5,11-12H2,1H3. The first-order valence-corrected chi connectivity index (χ1v) is 10.1. The van der Waals surface area contributed by atoms with Crippen molar-refractivity contribution in [1.82, 2.24) is 9.66 Å². The van der Waals surface area contributed by atoms with Crippen molar-refractivity contribution in [2.24, 2.45) is 5.10 Å². The molecular weight excluding hydrogens is 354 g/mol. The Bertz CT molecular complexity index is 1260. The second-order valence-electron chi connectivity index (χ2n) is 6.98. The van der Waals surface area contributed by atoms with Gasteiger partial charge in [-0.15, -0.1) is 11.3 Å². The lowest BCUT2D eigenvalue weighted by Gasteiger charge is -2.10. The number of benzene rings is 2. The van der Waals surface area contributed by atoms with Gasteiger partial charge in [0.05, 0.1) is 11.6 Å². The van der Waals surface area contributed by atoms with Crippen LogP contribution in [0.2, 0.25) is 0 Å². The van der Waals surface area contributed by atoms with E-state index in [0.29, 0.717) is 5.82 Å². The maximum atomic E-state index is 13.2. The van der Waals surface area contributed by atoms with E-state index in [1.807, 2.05) is 31.2 Å². The molecule has 0 saturated heterocycles. The lowest BCUT2D eigenvalue weighted by atomic mass is 9.97. The average molecular weight is 373 g/mol. The molecule has 0 bridgehead atoms. The van der Waals surface area contributed by atoms with Crippen LogP contribution in [0.1, 0.15) is 34.7 Å². The molecule has 0 saturated carbocycles. The molecule has 2 aromatic carbocycles. The summed E-state index contributed by atoms with van der Waals surface area (Å²) in [5.41, 5.74) is 2.15. The zero-order chi connectivity index (χ0) is 18.4. The van der Waals surface area contributed by atoms with Gasteiger partial charge in [-0.25, -0.2) is 4.98 Å². The Hall–Kier alpha value is -2.79. The monoisotopic (exact) mass is 373 g/mol. The van der Waals surface area contributed by atoms with Gasteiger partial charge in [0.25, 0.3) is 5.56 Å². The van der Waals surface area contributed by atoms with Crippen molar-refractivity contribution >= 4 is 38.5 Å². The Morgan fingerprint density at radius 2 is 1.93 bits per heavy atom. The molecule has 1 aliphatic rings. The highest BCUT2D eigenvalue weighted by atomic mass is 32.1. The second-order valence-corrected chi connectivity index (χ2v) is 8.06. The quantitative estimate of drug-likeness (QED) is 0.479. The molecule has 4 aromatic rings. The number of hydrogen-bond donors (Lipinski definition) is 0. The molecule has 0 atom stereocenters. The molecule has 5 rings (SSSR count). The number of aromatic nitrogens is 2. The molecule has 0 spiro atoms. The first-order chi connectivity index (χ1) is 13.2. The summed E-state index contributed by atoms with van der Waals surface area (Å²) in [4.78, 5) is 20.1. The third-order valence-electron chi connectivity index (χ3n) is 5.26. The van der Waals surface area contributed by atoms with Crippen LogP contribution in [0.5, 0.6) is 0 Å². The second kappa shape index (κ2) is 6.43.